The van der Waals surface area contributed by atoms with Crippen molar-refractivity contribution in [3.8, 4) is 5.75 Å². The minimum atomic E-state index is -1.07. The van der Waals surface area contributed by atoms with E-state index in [1.807, 2.05) is 0 Å². The van der Waals surface area contributed by atoms with Crippen LogP contribution in [0, 0.1) is 5.92 Å². The van der Waals surface area contributed by atoms with E-state index in [1.165, 1.54) is 0 Å². The topological polar surface area (TPSA) is 43.4 Å². The summed E-state index contributed by atoms with van der Waals surface area (Å²) < 4.78 is 16.8. The van der Waals surface area contributed by atoms with Crippen molar-refractivity contribution in [1.29, 1.82) is 0 Å². The molecule has 4 heteroatoms. The van der Waals surface area contributed by atoms with E-state index in [0.717, 1.165) is 6.42 Å². The van der Waals surface area contributed by atoms with Crippen LogP contribution >= 0.6 is 0 Å². The van der Waals surface area contributed by atoms with Gasteiger partial charge in [-0.3, -0.25) is 9.00 Å². The highest BCUT2D eigenvalue weighted by atomic mass is 32.2. The number of ketones is 1. The van der Waals surface area contributed by atoms with E-state index in [1.54, 1.807) is 31.4 Å². The highest BCUT2D eigenvalue weighted by Crippen LogP contribution is 2.13. The summed E-state index contributed by atoms with van der Waals surface area (Å²) in [7, 11) is 0.490. The van der Waals surface area contributed by atoms with Crippen molar-refractivity contribution in [2.45, 2.75) is 20.3 Å². The van der Waals surface area contributed by atoms with Crippen LogP contribution in [0.1, 0.15) is 30.6 Å². The SMILES string of the molecule is COc1cccc(C(=O)CS(=O)CCC(C)C)c1. The number of benzene rings is 1. The standard InChI is InChI=1S/C14H20O3S/c1-11(2)7-8-18(16)10-14(15)12-5-4-6-13(9-12)17-3/h4-6,9,11H,7-8,10H2,1-3H3. The molecule has 0 aliphatic rings. The molecule has 1 atom stereocenters. The second kappa shape index (κ2) is 7.31. The van der Waals surface area contributed by atoms with E-state index < -0.39 is 10.8 Å². The fourth-order valence-corrected chi connectivity index (χ4v) is 2.80. The first-order valence-electron chi connectivity index (χ1n) is 6.05. The lowest BCUT2D eigenvalue weighted by molar-refractivity contribution is 0.102. The Labute approximate surface area is 111 Å². The molecule has 1 rings (SSSR count). The summed E-state index contributed by atoms with van der Waals surface area (Å²) in [6, 6.07) is 6.96. The minimum Gasteiger partial charge on any atom is -0.497 e. The van der Waals surface area contributed by atoms with Crippen molar-refractivity contribution in [2.24, 2.45) is 5.92 Å². The van der Waals surface area contributed by atoms with Crippen molar-refractivity contribution in [1.82, 2.24) is 0 Å². The summed E-state index contributed by atoms with van der Waals surface area (Å²) in [5.74, 6) is 1.76. The van der Waals surface area contributed by atoms with Crippen molar-refractivity contribution >= 4 is 16.6 Å². The molecular formula is C14H20O3S. The third-order valence-corrected chi connectivity index (χ3v) is 3.88. The molecule has 0 N–H and O–H groups in total. The van der Waals surface area contributed by atoms with Crippen molar-refractivity contribution in [3.63, 3.8) is 0 Å². The lowest BCUT2D eigenvalue weighted by Gasteiger charge is -2.05. The quantitative estimate of drug-likeness (QED) is 0.714. The number of ether oxygens (including phenoxy) is 1. The molecule has 0 aliphatic heterocycles. The summed E-state index contributed by atoms with van der Waals surface area (Å²) in [6.07, 6.45) is 0.887. The van der Waals surface area contributed by atoms with E-state index in [9.17, 15) is 9.00 Å². The van der Waals surface area contributed by atoms with Gasteiger partial charge < -0.3 is 4.74 Å². The maximum Gasteiger partial charge on any atom is 0.175 e. The molecule has 0 saturated carbocycles. The maximum absolute atomic E-state index is 11.9. The van der Waals surface area contributed by atoms with E-state index in [0.29, 0.717) is 23.0 Å². The fourth-order valence-electron chi connectivity index (χ4n) is 1.47. The van der Waals surface area contributed by atoms with Gasteiger partial charge in [0, 0.05) is 22.1 Å². The maximum atomic E-state index is 11.9. The first-order valence-corrected chi connectivity index (χ1v) is 7.54. The van der Waals surface area contributed by atoms with Crippen LogP contribution in [0.15, 0.2) is 24.3 Å². The molecule has 0 aromatic heterocycles. The molecule has 0 bridgehead atoms. The van der Waals surface area contributed by atoms with Crippen LogP contribution < -0.4 is 4.74 Å². The van der Waals surface area contributed by atoms with Crippen molar-refractivity contribution < 1.29 is 13.7 Å². The van der Waals surface area contributed by atoms with E-state index in [4.69, 9.17) is 4.74 Å². The van der Waals surface area contributed by atoms with E-state index in [2.05, 4.69) is 13.8 Å². The monoisotopic (exact) mass is 268 g/mol. The number of Topliss-reactive ketones (excluding diaryl/α,β-unsaturated/α-hetero) is 1. The minimum absolute atomic E-state index is 0.0870. The molecule has 0 fully saturated rings. The predicted octanol–water partition coefficient (Wildman–Crippen LogP) is 2.67. The Morgan fingerprint density at radius 1 is 1.39 bits per heavy atom. The molecule has 3 nitrogen and oxygen atoms in total. The number of rotatable bonds is 7. The number of carbonyl (C=O) groups is 1. The lowest BCUT2D eigenvalue weighted by Crippen LogP contribution is -2.14. The predicted molar refractivity (Wildman–Crippen MR) is 74.7 cm³/mol. The number of carbonyl (C=O) groups excluding carboxylic acids is 1. The molecule has 1 unspecified atom stereocenters. The summed E-state index contributed by atoms with van der Waals surface area (Å²) in [5.41, 5.74) is 0.562. The van der Waals surface area contributed by atoms with Crippen LogP contribution in [0.5, 0.6) is 5.75 Å². The van der Waals surface area contributed by atoms with Gasteiger partial charge in [-0.2, -0.15) is 0 Å². The summed E-state index contributed by atoms with van der Waals surface area (Å²) in [4.78, 5) is 11.9. The van der Waals surface area contributed by atoms with Gasteiger partial charge in [0.1, 0.15) is 5.75 Å². The van der Waals surface area contributed by atoms with Gasteiger partial charge in [0.2, 0.25) is 0 Å². The Balaban J connectivity index is 2.56. The molecule has 0 radical (unpaired) electrons. The lowest BCUT2D eigenvalue weighted by atomic mass is 10.1. The molecular weight excluding hydrogens is 248 g/mol. The van der Waals surface area contributed by atoms with Crippen LogP contribution in [0.25, 0.3) is 0 Å². The van der Waals surface area contributed by atoms with Crippen LogP contribution in [0.4, 0.5) is 0 Å². The molecule has 1 aromatic carbocycles. The van der Waals surface area contributed by atoms with Crippen molar-refractivity contribution in [3.05, 3.63) is 29.8 Å². The average Bonchev–Trinajstić information content (AvgIpc) is 2.36. The first-order chi connectivity index (χ1) is 8.52. The number of hydrogen-bond acceptors (Lipinski definition) is 3. The Bertz CT molecular complexity index is 427. The smallest absolute Gasteiger partial charge is 0.175 e. The zero-order chi connectivity index (χ0) is 13.5. The molecule has 1 aromatic rings. The molecule has 18 heavy (non-hydrogen) atoms. The van der Waals surface area contributed by atoms with Gasteiger partial charge in [-0.05, 0) is 24.5 Å². The van der Waals surface area contributed by atoms with Crippen LogP contribution in [0.2, 0.25) is 0 Å². The largest absolute Gasteiger partial charge is 0.497 e. The Morgan fingerprint density at radius 3 is 2.72 bits per heavy atom. The molecule has 0 aliphatic carbocycles. The molecule has 0 heterocycles. The van der Waals surface area contributed by atoms with E-state index in [-0.39, 0.29) is 11.5 Å². The number of hydrogen-bond donors (Lipinski definition) is 0. The van der Waals surface area contributed by atoms with Gasteiger partial charge in [0.15, 0.2) is 5.78 Å². The molecule has 0 saturated heterocycles. The number of methoxy groups -OCH3 is 1. The highest BCUT2D eigenvalue weighted by Gasteiger charge is 2.11. The highest BCUT2D eigenvalue weighted by molar-refractivity contribution is 7.85. The summed E-state index contributed by atoms with van der Waals surface area (Å²) in [6.45, 7) is 4.17. The normalized spacial score (nSPS) is 12.4. The summed E-state index contributed by atoms with van der Waals surface area (Å²) in [5, 5.41) is 0. The third-order valence-electron chi connectivity index (χ3n) is 2.61. The second-order valence-electron chi connectivity index (χ2n) is 4.63. The van der Waals surface area contributed by atoms with Crippen LogP contribution in [0.3, 0.4) is 0 Å². The van der Waals surface area contributed by atoms with Gasteiger partial charge in [0.05, 0.1) is 12.9 Å². The average molecular weight is 268 g/mol. The van der Waals surface area contributed by atoms with Gasteiger partial charge in [-0.25, -0.2) is 0 Å². The van der Waals surface area contributed by atoms with Gasteiger partial charge in [0.25, 0.3) is 0 Å². The Hall–Kier alpha value is -1.16. The molecule has 0 amide bonds. The van der Waals surface area contributed by atoms with Gasteiger partial charge >= 0.3 is 0 Å². The zero-order valence-electron chi connectivity index (χ0n) is 11.1. The van der Waals surface area contributed by atoms with Crippen molar-refractivity contribution in [2.75, 3.05) is 18.6 Å². The van der Waals surface area contributed by atoms with Crippen LogP contribution in [-0.4, -0.2) is 28.6 Å². The molecule has 0 spiro atoms. The zero-order valence-corrected chi connectivity index (χ0v) is 12.0. The Morgan fingerprint density at radius 2 is 2.11 bits per heavy atom. The van der Waals surface area contributed by atoms with Gasteiger partial charge in [-0.1, -0.05) is 26.0 Å². The van der Waals surface area contributed by atoms with Gasteiger partial charge in [-0.15, -0.1) is 0 Å². The fraction of sp³-hybridized carbons (Fsp3) is 0.500. The third kappa shape index (κ3) is 5.00. The Kier molecular flexibility index (Phi) is 6.05. The molecule has 100 valence electrons. The summed E-state index contributed by atoms with van der Waals surface area (Å²) >= 11 is 0. The van der Waals surface area contributed by atoms with E-state index >= 15 is 0 Å². The first kappa shape index (κ1) is 14.9. The second-order valence-corrected chi connectivity index (χ2v) is 6.20. The van der Waals surface area contributed by atoms with Crippen LogP contribution in [-0.2, 0) is 10.8 Å².